The molecule has 98 valence electrons. The van der Waals surface area contributed by atoms with Crippen molar-refractivity contribution in [3.63, 3.8) is 0 Å². The predicted octanol–water partition coefficient (Wildman–Crippen LogP) is 3.80. The van der Waals surface area contributed by atoms with Crippen LogP contribution in [0, 0.1) is 0 Å². The number of hydrogen-bond donors (Lipinski definition) is 0. The molecule has 0 aromatic carbocycles. The van der Waals surface area contributed by atoms with Crippen LogP contribution in [0.25, 0.3) is 0 Å². The Hall–Kier alpha value is 0.137. The molecule has 0 radical (unpaired) electrons. The third-order valence-corrected chi connectivity index (χ3v) is 8.65. The third kappa shape index (κ3) is 5.46. The summed E-state index contributed by atoms with van der Waals surface area (Å²) in [6.45, 7) is 15.4. The van der Waals surface area contributed by atoms with Gasteiger partial charge in [0, 0.05) is 25.7 Å². The smallest absolute Gasteiger partial charge is 0.115 e. The second kappa shape index (κ2) is 7.46. The van der Waals surface area contributed by atoms with Crippen LogP contribution < -0.4 is 0 Å². The molecule has 2 nitrogen and oxygen atoms in total. The summed E-state index contributed by atoms with van der Waals surface area (Å²) in [7, 11) is -1.47. The molecule has 0 unspecified atom stereocenters. The molecule has 0 bridgehead atoms. The lowest BCUT2D eigenvalue weighted by Gasteiger charge is -2.39. The average Bonchev–Trinajstić information content (AvgIpc) is 2.17. The predicted molar refractivity (Wildman–Crippen MR) is 73.6 cm³/mol. The Kier molecular flexibility index (Phi) is 7.52. The van der Waals surface area contributed by atoms with Gasteiger partial charge in [-0.2, -0.15) is 0 Å². The molecule has 0 atom stereocenters. The van der Waals surface area contributed by atoms with Gasteiger partial charge in [0.15, 0.2) is 0 Å². The zero-order chi connectivity index (χ0) is 12.7. The van der Waals surface area contributed by atoms with Crippen molar-refractivity contribution in [2.75, 3.05) is 25.7 Å². The van der Waals surface area contributed by atoms with E-state index in [2.05, 4.69) is 41.2 Å². The third-order valence-electron chi connectivity index (χ3n) is 3.35. The Morgan fingerprint density at radius 1 is 0.875 bits per heavy atom. The molecule has 0 saturated heterocycles. The van der Waals surface area contributed by atoms with Crippen LogP contribution in [0.2, 0.25) is 11.6 Å². The molecule has 0 aliphatic carbocycles. The van der Waals surface area contributed by atoms with Gasteiger partial charge in [-0.3, -0.25) is 0 Å². The number of ether oxygens (including phenoxy) is 2. The lowest BCUT2D eigenvalue weighted by molar-refractivity contribution is 0.144. The molecule has 3 heteroatoms. The topological polar surface area (TPSA) is 18.5 Å². The van der Waals surface area contributed by atoms with E-state index >= 15 is 0 Å². The summed E-state index contributed by atoms with van der Waals surface area (Å²) in [6.07, 6.45) is 4.05. The molecular weight excluding hydrogens is 216 g/mol. The minimum absolute atomic E-state index is 0.342. The van der Waals surface area contributed by atoms with E-state index in [1.165, 1.54) is 0 Å². The van der Waals surface area contributed by atoms with E-state index in [9.17, 15) is 0 Å². The fourth-order valence-electron chi connectivity index (χ4n) is 1.36. The molecule has 0 saturated carbocycles. The van der Waals surface area contributed by atoms with Gasteiger partial charge in [-0.1, -0.05) is 41.2 Å². The average molecular weight is 246 g/mol. The molecular formula is C13H30O2Si. The van der Waals surface area contributed by atoms with Gasteiger partial charge in [0.2, 0.25) is 0 Å². The number of rotatable bonds is 8. The van der Waals surface area contributed by atoms with Crippen LogP contribution in [0.3, 0.4) is 0 Å². The monoisotopic (exact) mass is 246 g/mol. The SMILES string of the molecule is CCCOC[Si](C)(COCCC)C(C)(C)C. The Morgan fingerprint density at radius 3 is 1.50 bits per heavy atom. The van der Waals surface area contributed by atoms with Crippen molar-refractivity contribution in [3.05, 3.63) is 0 Å². The highest BCUT2D eigenvalue weighted by molar-refractivity contribution is 6.81. The van der Waals surface area contributed by atoms with Gasteiger partial charge < -0.3 is 9.47 Å². The Bertz CT molecular complexity index is 165. The van der Waals surface area contributed by atoms with Crippen LogP contribution in [0.4, 0.5) is 0 Å². The van der Waals surface area contributed by atoms with Gasteiger partial charge in [-0.15, -0.1) is 0 Å². The molecule has 0 spiro atoms. The second-order valence-corrected chi connectivity index (χ2v) is 11.1. The van der Waals surface area contributed by atoms with E-state index in [-0.39, 0.29) is 0 Å². The lowest BCUT2D eigenvalue weighted by Crippen LogP contribution is -2.50. The van der Waals surface area contributed by atoms with E-state index in [0.717, 1.165) is 38.5 Å². The van der Waals surface area contributed by atoms with Gasteiger partial charge in [-0.25, -0.2) is 0 Å². The zero-order valence-corrected chi connectivity index (χ0v) is 13.1. The molecule has 0 aliphatic heterocycles. The molecule has 0 amide bonds. The maximum absolute atomic E-state index is 5.79. The van der Waals surface area contributed by atoms with Gasteiger partial charge in [0.25, 0.3) is 0 Å². The Morgan fingerprint density at radius 2 is 1.25 bits per heavy atom. The maximum Gasteiger partial charge on any atom is 0.115 e. The minimum atomic E-state index is -1.47. The summed E-state index contributed by atoms with van der Waals surface area (Å²) in [4.78, 5) is 0. The van der Waals surface area contributed by atoms with Crippen molar-refractivity contribution in [1.82, 2.24) is 0 Å². The van der Waals surface area contributed by atoms with E-state index in [4.69, 9.17) is 9.47 Å². The first-order chi connectivity index (χ1) is 7.37. The summed E-state index contributed by atoms with van der Waals surface area (Å²) in [5.74, 6) is 0. The molecule has 0 rings (SSSR count). The van der Waals surface area contributed by atoms with Crippen molar-refractivity contribution >= 4 is 8.07 Å². The first-order valence-corrected chi connectivity index (χ1v) is 9.44. The van der Waals surface area contributed by atoms with Crippen molar-refractivity contribution < 1.29 is 9.47 Å². The fourth-order valence-corrected chi connectivity index (χ4v) is 3.50. The van der Waals surface area contributed by atoms with Crippen LogP contribution in [-0.4, -0.2) is 33.7 Å². The summed E-state index contributed by atoms with van der Waals surface area (Å²) < 4.78 is 11.6. The first-order valence-electron chi connectivity index (χ1n) is 6.53. The summed E-state index contributed by atoms with van der Waals surface area (Å²) >= 11 is 0. The van der Waals surface area contributed by atoms with E-state index in [1.54, 1.807) is 0 Å². The summed E-state index contributed by atoms with van der Waals surface area (Å²) in [6, 6.07) is 0. The minimum Gasteiger partial charge on any atom is -0.385 e. The largest absolute Gasteiger partial charge is 0.385 e. The Labute approximate surface area is 103 Å². The second-order valence-electron chi connectivity index (χ2n) is 5.92. The van der Waals surface area contributed by atoms with E-state index < -0.39 is 8.07 Å². The molecule has 0 aliphatic rings. The van der Waals surface area contributed by atoms with Crippen LogP contribution in [0.5, 0.6) is 0 Å². The zero-order valence-electron chi connectivity index (χ0n) is 12.1. The van der Waals surface area contributed by atoms with Gasteiger partial charge in [0.05, 0.1) is 0 Å². The van der Waals surface area contributed by atoms with E-state index in [1.807, 2.05) is 0 Å². The van der Waals surface area contributed by atoms with Gasteiger partial charge >= 0.3 is 0 Å². The van der Waals surface area contributed by atoms with Crippen LogP contribution >= 0.6 is 0 Å². The van der Waals surface area contributed by atoms with Crippen molar-refractivity contribution in [2.24, 2.45) is 0 Å². The summed E-state index contributed by atoms with van der Waals surface area (Å²) in [5, 5.41) is 0.342. The fraction of sp³-hybridized carbons (Fsp3) is 1.00. The molecule has 0 aromatic heterocycles. The quantitative estimate of drug-likeness (QED) is 0.479. The van der Waals surface area contributed by atoms with Crippen molar-refractivity contribution in [2.45, 2.75) is 59.0 Å². The highest BCUT2D eigenvalue weighted by atomic mass is 28.3. The first kappa shape index (κ1) is 16.1. The van der Waals surface area contributed by atoms with Crippen LogP contribution in [0.15, 0.2) is 0 Å². The van der Waals surface area contributed by atoms with Gasteiger partial charge in [-0.05, 0) is 17.9 Å². The molecule has 0 N–H and O–H groups in total. The molecule has 16 heavy (non-hydrogen) atoms. The Balaban J connectivity index is 4.26. The standard InChI is InChI=1S/C13H30O2Si/c1-7-9-14-11-16(6,13(3,4)5)12-15-10-8-2/h7-12H2,1-6H3. The molecule has 0 aromatic rings. The highest BCUT2D eigenvalue weighted by Gasteiger charge is 2.40. The van der Waals surface area contributed by atoms with Crippen LogP contribution in [-0.2, 0) is 9.47 Å². The highest BCUT2D eigenvalue weighted by Crippen LogP contribution is 2.36. The van der Waals surface area contributed by atoms with Crippen LogP contribution in [0.1, 0.15) is 47.5 Å². The lowest BCUT2D eigenvalue weighted by atomic mass is 10.2. The molecule has 0 fully saturated rings. The van der Waals surface area contributed by atoms with Gasteiger partial charge in [0.1, 0.15) is 8.07 Å². The van der Waals surface area contributed by atoms with E-state index in [0.29, 0.717) is 5.04 Å². The maximum atomic E-state index is 5.79. The number of hydrogen-bond acceptors (Lipinski definition) is 2. The summed E-state index contributed by atoms with van der Waals surface area (Å²) in [5.41, 5.74) is 0. The molecule has 0 heterocycles. The van der Waals surface area contributed by atoms with Crippen molar-refractivity contribution in [3.8, 4) is 0 Å². The normalized spacial score (nSPS) is 13.1. The van der Waals surface area contributed by atoms with Crippen molar-refractivity contribution in [1.29, 1.82) is 0 Å².